The third-order valence-electron chi connectivity index (χ3n) is 4.21. The maximum absolute atomic E-state index is 13.4. The fraction of sp³-hybridized carbons (Fsp3) is 0.400. The monoisotopic (exact) mass is 428 g/mol. The molecule has 1 heterocycles. The van der Waals surface area contributed by atoms with Gasteiger partial charge in [-0.25, -0.2) is 9.64 Å². The maximum atomic E-state index is 13.4. The number of carbonyl (C=O) groups is 1. The number of nitrogens with one attached hydrogen (secondary N) is 1. The number of nitrogens with zero attached hydrogens (tertiary/aromatic N) is 1. The van der Waals surface area contributed by atoms with Gasteiger partial charge in [-0.15, -0.1) is 0 Å². The second-order valence-corrected chi connectivity index (χ2v) is 7.10. The maximum Gasteiger partial charge on any atom is 0.417 e. The zero-order chi connectivity index (χ0) is 21.9. The van der Waals surface area contributed by atoms with Gasteiger partial charge in [0.05, 0.1) is 47.1 Å². The summed E-state index contributed by atoms with van der Waals surface area (Å²) in [5.41, 5.74) is -0.0539. The van der Waals surface area contributed by atoms with Gasteiger partial charge >= 0.3 is 12.1 Å². The quantitative estimate of drug-likeness (QED) is 0.527. The molecule has 0 bridgehead atoms. The lowest BCUT2D eigenvalue weighted by atomic mass is 9.83. The number of hydrogen-bond acceptors (Lipinski definition) is 4. The third kappa shape index (κ3) is 4.92. The molecule has 0 aliphatic carbocycles. The third-order valence-corrected chi connectivity index (χ3v) is 4.54. The van der Waals surface area contributed by atoms with E-state index in [1.807, 2.05) is 0 Å². The minimum atomic E-state index is -4.69. The first-order chi connectivity index (χ1) is 13.5. The molecule has 2 rings (SSSR count). The van der Waals surface area contributed by atoms with Crippen LogP contribution in [-0.2, 0) is 20.4 Å². The molecular formula is C20H20ClF3N2O3. The van der Waals surface area contributed by atoms with Gasteiger partial charge in [0.15, 0.2) is 5.70 Å². The number of ether oxygens (including phenoxy) is 2. The van der Waals surface area contributed by atoms with Crippen molar-refractivity contribution in [1.29, 1.82) is 0 Å². The molecule has 5 nitrogen and oxygen atoms in total. The SMILES string of the molecule is [C-]#[N+]C1=C(C)NC(COC)=C(C(=O)OC(C)C)C1c1ccc(Cl)c(C(F)(F)F)c1. The van der Waals surface area contributed by atoms with E-state index in [9.17, 15) is 18.0 Å². The molecule has 1 aliphatic heterocycles. The summed E-state index contributed by atoms with van der Waals surface area (Å²) in [7, 11) is 1.42. The van der Waals surface area contributed by atoms with Crippen molar-refractivity contribution in [1.82, 2.24) is 5.32 Å². The van der Waals surface area contributed by atoms with E-state index in [0.29, 0.717) is 11.4 Å². The molecule has 1 aromatic carbocycles. The smallest absolute Gasteiger partial charge is 0.417 e. The normalized spacial score (nSPS) is 17.3. The highest BCUT2D eigenvalue weighted by Gasteiger charge is 2.39. The highest BCUT2D eigenvalue weighted by molar-refractivity contribution is 6.31. The molecule has 0 saturated heterocycles. The first-order valence-corrected chi connectivity index (χ1v) is 9.03. The first-order valence-electron chi connectivity index (χ1n) is 8.66. The van der Waals surface area contributed by atoms with Gasteiger partial charge < -0.3 is 14.8 Å². The van der Waals surface area contributed by atoms with E-state index in [4.69, 9.17) is 27.6 Å². The van der Waals surface area contributed by atoms with Crippen LogP contribution in [-0.4, -0.2) is 25.8 Å². The molecule has 29 heavy (non-hydrogen) atoms. The van der Waals surface area contributed by atoms with Crippen molar-refractivity contribution in [3.05, 3.63) is 68.4 Å². The second kappa shape index (κ2) is 8.89. The number of esters is 1. The predicted molar refractivity (Wildman–Crippen MR) is 102 cm³/mol. The molecule has 156 valence electrons. The van der Waals surface area contributed by atoms with Gasteiger partial charge in [-0.05, 0) is 38.5 Å². The van der Waals surface area contributed by atoms with E-state index in [2.05, 4.69) is 10.2 Å². The number of carbonyl (C=O) groups excluding carboxylic acids is 1. The summed E-state index contributed by atoms with van der Waals surface area (Å²) in [5.74, 6) is -1.79. The lowest BCUT2D eigenvalue weighted by molar-refractivity contribution is -0.143. The van der Waals surface area contributed by atoms with Crippen molar-refractivity contribution in [2.45, 2.75) is 39.0 Å². The average Bonchev–Trinajstić information content (AvgIpc) is 2.60. The van der Waals surface area contributed by atoms with E-state index < -0.39 is 34.8 Å². The Kier molecular flexibility index (Phi) is 6.98. The Morgan fingerprint density at radius 2 is 2.03 bits per heavy atom. The number of alkyl halides is 3. The molecule has 1 N–H and O–H groups in total. The van der Waals surface area contributed by atoms with Crippen LogP contribution in [0.15, 0.2) is 40.9 Å². The van der Waals surface area contributed by atoms with E-state index in [-0.39, 0.29) is 23.4 Å². The number of dihydropyridines is 1. The van der Waals surface area contributed by atoms with Crippen LogP contribution in [0.5, 0.6) is 0 Å². The van der Waals surface area contributed by atoms with Crippen LogP contribution in [0, 0.1) is 6.57 Å². The van der Waals surface area contributed by atoms with Gasteiger partial charge in [0.2, 0.25) is 0 Å². The zero-order valence-corrected chi connectivity index (χ0v) is 17.0. The number of benzene rings is 1. The summed E-state index contributed by atoms with van der Waals surface area (Å²) in [4.78, 5) is 16.3. The predicted octanol–water partition coefficient (Wildman–Crippen LogP) is 5.05. The molecule has 0 amide bonds. The highest BCUT2D eigenvalue weighted by Crippen LogP contribution is 2.43. The van der Waals surface area contributed by atoms with Crippen LogP contribution in [0.1, 0.15) is 37.8 Å². The van der Waals surface area contributed by atoms with Gasteiger partial charge in [-0.3, -0.25) is 0 Å². The summed E-state index contributed by atoms with van der Waals surface area (Å²) >= 11 is 5.74. The Morgan fingerprint density at radius 3 is 2.55 bits per heavy atom. The summed E-state index contributed by atoms with van der Waals surface area (Å²) in [6, 6.07) is 3.35. The molecule has 0 saturated carbocycles. The van der Waals surface area contributed by atoms with E-state index in [1.54, 1.807) is 20.8 Å². The Hall–Kier alpha value is -2.50. The largest absolute Gasteiger partial charge is 0.460 e. The van der Waals surface area contributed by atoms with Crippen molar-refractivity contribution in [3.63, 3.8) is 0 Å². The fourth-order valence-corrected chi connectivity index (χ4v) is 3.30. The number of methoxy groups -OCH3 is 1. The molecule has 0 radical (unpaired) electrons. The summed E-state index contributed by atoms with van der Waals surface area (Å²) in [6.45, 7) is 12.4. The van der Waals surface area contributed by atoms with Gasteiger partial charge in [-0.2, -0.15) is 13.2 Å². The van der Waals surface area contributed by atoms with Crippen LogP contribution in [0.4, 0.5) is 13.2 Å². The fourth-order valence-electron chi connectivity index (χ4n) is 3.07. The molecule has 1 atom stereocenters. The zero-order valence-electron chi connectivity index (χ0n) is 16.3. The Morgan fingerprint density at radius 1 is 1.38 bits per heavy atom. The highest BCUT2D eigenvalue weighted by atomic mass is 35.5. The van der Waals surface area contributed by atoms with E-state index in [1.165, 1.54) is 13.2 Å². The average molecular weight is 429 g/mol. The van der Waals surface area contributed by atoms with Crippen LogP contribution >= 0.6 is 11.6 Å². The molecule has 0 aromatic heterocycles. The minimum Gasteiger partial charge on any atom is -0.460 e. The topological polar surface area (TPSA) is 51.9 Å². The number of halogens is 4. The second-order valence-electron chi connectivity index (χ2n) is 6.70. The van der Waals surface area contributed by atoms with Gasteiger partial charge in [-0.1, -0.05) is 17.7 Å². The summed E-state index contributed by atoms with van der Waals surface area (Å²) in [6.07, 6.45) is -5.15. The number of rotatable bonds is 5. The van der Waals surface area contributed by atoms with Crippen molar-refractivity contribution >= 4 is 17.6 Å². The molecule has 0 fully saturated rings. The molecule has 1 unspecified atom stereocenters. The van der Waals surface area contributed by atoms with Crippen LogP contribution in [0.3, 0.4) is 0 Å². The molecular weight excluding hydrogens is 409 g/mol. The lowest BCUT2D eigenvalue weighted by Crippen LogP contribution is -2.32. The number of allylic oxidation sites excluding steroid dienone is 2. The summed E-state index contributed by atoms with van der Waals surface area (Å²) in [5, 5.41) is 2.48. The minimum absolute atomic E-state index is 0.0125. The standard InChI is InChI=1S/C20H20ClF3N2O3/c1-10(2)29-19(27)17-15(9-28-5)26-11(3)18(25-4)16(17)12-6-7-14(21)13(8-12)20(22,23)24/h6-8,10,16,26H,9H2,1-3,5H3. The van der Waals surface area contributed by atoms with E-state index in [0.717, 1.165) is 12.1 Å². The molecule has 1 aliphatic rings. The summed E-state index contributed by atoms with van der Waals surface area (Å²) < 4.78 is 50.6. The van der Waals surface area contributed by atoms with Gasteiger partial charge in [0.1, 0.15) is 0 Å². The van der Waals surface area contributed by atoms with Gasteiger partial charge in [0, 0.05) is 12.8 Å². The molecule has 9 heteroatoms. The Labute approximate surface area is 171 Å². The van der Waals surface area contributed by atoms with Crippen molar-refractivity contribution in [2.75, 3.05) is 13.7 Å². The van der Waals surface area contributed by atoms with Crippen molar-refractivity contribution in [3.8, 4) is 0 Å². The van der Waals surface area contributed by atoms with Crippen molar-refractivity contribution in [2.24, 2.45) is 0 Å². The van der Waals surface area contributed by atoms with E-state index >= 15 is 0 Å². The van der Waals surface area contributed by atoms with Gasteiger partial charge in [0.25, 0.3) is 0 Å². The van der Waals surface area contributed by atoms with Crippen LogP contribution < -0.4 is 5.32 Å². The number of hydrogen-bond donors (Lipinski definition) is 1. The lowest BCUT2D eigenvalue weighted by Gasteiger charge is -2.30. The Bertz CT molecular complexity index is 915. The first kappa shape index (κ1) is 22.8. The molecule has 1 aromatic rings. The molecule has 0 spiro atoms. The Balaban J connectivity index is 2.75. The van der Waals surface area contributed by atoms with Crippen molar-refractivity contribution < 1.29 is 27.4 Å². The van der Waals surface area contributed by atoms with Crippen LogP contribution in [0.2, 0.25) is 5.02 Å². The van der Waals surface area contributed by atoms with Crippen LogP contribution in [0.25, 0.3) is 4.85 Å².